The molecule has 82 valence electrons. The molecule has 0 unspecified atom stereocenters. The van der Waals surface area contributed by atoms with Crippen molar-refractivity contribution in [2.45, 2.75) is 26.7 Å². The van der Waals surface area contributed by atoms with Gasteiger partial charge < -0.3 is 0 Å². The van der Waals surface area contributed by atoms with Gasteiger partial charge in [0.2, 0.25) is 0 Å². The van der Waals surface area contributed by atoms with Crippen LogP contribution in [-0.2, 0) is 6.42 Å². The van der Waals surface area contributed by atoms with Crippen LogP contribution in [0.15, 0.2) is 48.5 Å². The topological polar surface area (TPSA) is 0 Å². The molecule has 0 heterocycles. The molecule has 0 N–H and O–H groups in total. The number of benzene rings is 2. The van der Waals surface area contributed by atoms with E-state index < -0.39 is 0 Å². The van der Waals surface area contributed by atoms with E-state index in [1.165, 1.54) is 28.7 Å². The van der Waals surface area contributed by atoms with Crippen molar-refractivity contribution in [2.75, 3.05) is 0 Å². The minimum atomic E-state index is 1.16. The van der Waals surface area contributed by atoms with Crippen LogP contribution >= 0.6 is 0 Å². The lowest BCUT2D eigenvalue weighted by Gasteiger charge is -2.09. The summed E-state index contributed by atoms with van der Waals surface area (Å²) >= 11 is 0. The molecule has 0 aliphatic heterocycles. The molecule has 0 aromatic heterocycles. The standard InChI is InChI=1S/C16H18/c1-3-7-14-9-4-5-11-16(14)15-10-6-8-13(2)12-15/h4-6,8-12H,3,7H2,1-2H3. The summed E-state index contributed by atoms with van der Waals surface area (Å²) in [5, 5.41) is 0. The Morgan fingerprint density at radius 1 is 0.938 bits per heavy atom. The van der Waals surface area contributed by atoms with E-state index >= 15 is 0 Å². The Hall–Kier alpha value is -1.56. The van der Waals surface area contributed by atoms with Gasteiger partial charge in [-0.2, -0.15) is 0 Å². The molecule has 2 aromatic rings. The van der Waals surface area contributed by atoms with Gasteiger partial charge in [-0.1, -0.05) is 67.4 Å². The van der Waals surface area contributed by atoms with Crippen LogP contribution in [0.1, 0.15) is 24.5 Å². The normalized spacial score (nSPS) is 10.4. The molecule has 0 fully saturated rings. The van der Waals surface area contributed by atoms with E-state index in [9.17, 15) is 0 Å². The van der Waals surface area contributed by atoms with Gasteiger partial charge >= 0.3 is 0 Å². The zero-order valence-electron chi connectivity index (χ0n) is 10.0. The first-order valence-electron chi connectivity index (χ1n) is 5.96. The highest BCUT2D eigenvalue weighted by atomic mass is 14.1. The summed E-state index contributed by atoms with van der Waals surface area (Å²) in [6.07, 6.45) is 2.35. The third-order valence-corrected chi connectivity index (χ3v) is 2.87. The van der Waals surface area contributed by atoms with Crippen LogP contribution in [0.5, 0.6) is 0 Å². The molecule has 0 amide bonds. The molecule has 0 bridgehead atoms. The first-order chi connectivity index (χ1) is 7.81. The lowest BCUT2D eigenvalue weighted by Crippen LogP contribution is -1.89. The van der Waals surface area contributed by atoms with Crippen LogP contribution in [0.25, 0.3) is 11.1 Å². The highest BCUT2D eigenvalue weighted by Gasteiger charge is 2.03. The SMILES string of the molecule is CCCc1ccccc1-c1cccc(C)c1. The maximum Gasteiger partial charge on any atom is -0.0152 e. The molecule has 0 aliphatic rings. The van der Waals surface area contributed by atoms with E-state index in [1.54, 1.807) is 0 Å². The summed E-state index contributed by atoms with van der Waals surface area (Å²) in [4.78, 5) is 0. The van der Waals surface area contributed by atoms with Gasteiger partial charge in [-0.25, -0.2) is 0 Å². The fraction of sp³-hybridized carbons (Fsp3) is 0.250. The van der Waals surface area contributed by atoms with E-state index in [0.717, 1.165) is 6.42 Å². The second kappa shape index (κ2) is 4.98. The van der Waals surface area contributed by atoms with Crippen molar-refractivity contribution in [3.8, 4) is 11.1 Å². The molecule has 0 saturated heterocycles. The molecule has 16 heavy (non-hydrogen) atoms. The Kier molecular flexibility index (Phi) is 3.40. The lowest BCUT2D eigenvalue weighted by atomic mass is 9.96. The quantitative estimate of drug-likeness (QED) is 0.693. The predicted octanol–water partition coefficient (Wildman–Crippen LogP) is 4.61. The molecule has 0 nitrogen and oxygen atoms in total. The zero-order chi connectivity index (χ0) is 11.4. The summed E-state index contributed by atoms with van der Waals surface area (Å²) in [7, 11) is 0. The summed E-state index contributed by atoms with van der Waals surface area (Å²) in [6, 6.07) is 17.4. The number of aryl methyl sites for hydroxylation is 2. The average molecular weight is 210 g/mol. The van der Waals surface area contributed by atoms with Crippen LogP contribution in [0.4, 0.5) is 0 Å². The lowest BCUT2D eigenvalue weighted by molar-refractivity contribution is 0.923. The largest absolute Gasteiger partial charge is 0.0651 e. The van der Waals surface area contributed by atoms with Gasteiger partial charge in [-0.05, 0) is 30.0 Å². The number of hydrogen-bond donors (Lipinski definition) is 0. The molecule has 2 rings (SSSR count). The predicted molar refractivity (Wildman–Crippen MR) is 70.6 cm³/mol. The van der Waals surface area contributed by atoms with Crippen molar-refractivity contribution in [3.05, 3.63) is 59.7 Å². The highest BCUT2D eigenvalue weighted by molar-refractivity contribution is 5.67. The Labute approximate surface area is 97.9 Å². The van der Waals surface area contributed by atoms with Crippen LogP contribution in [-0.4, -0.2) is 0 Å². The van der Waals surface area contributed by atoms with Crippen molar-refractivity contribution in [2.24, 2.45) is 0 Å². The fourth-order valence-electron chi connectivity index (χ4n) is 2.10. The average Bonchev–Trinajstić information content (AvgIpc) is 2.30. The minimum absolute atomic E-state index is 1.16. The van der Waals surface area contributed by atoms with Gasteiger partial charge in [0.05, 0.1) is 0 Å². The van der Waals surface area contributed by atoms with E-state index in [4.69, 9.17) is 0 Å². The van der Waals surface area contributed by atoms with Crippen molar-refractivity contribution in [1.29, 1.82) is 0 Å². The van der Waals surface area contributed by atoms with Gasteiger partial charge in [-0.15, -0.1) is 0 Å². The van der Waals surface area contributed by atoms with Crippen LogP contribution in [0.3, 0.4) is 0 Å². The Bertz CT molecular complexity index is 469. The van der Waals surface area contributed by atoms with Crippen LogP contribution in [0.2, 0.25) is 0 Å². The summed E-state index contributed by atoms with van der Waals surface area (Å²) in [5.74, 6) is 0. The smallest absolute Gasteiger partial charge is 0.0152 e. The van der Waals surface area contributed by atoms with Crippen LogP contribution in [0, 0.1) is 6.92 Å². The maximum absolute atomic E-state index is 2.26. The monoisotopic (exact) mass is 210 g/mol. The molecule has 0 heteroatoms. The molecular formula is C16H18. The second-order valence-corrected chi connectivity index (χ2v) is 4.28. The van der Waals surface area contributed by atoms with Crippen molar-refractivity contribution in [3.63, 3.8) is 0 Å². The fourth-order valence-corrected chi connectivity index (χ4v) is 2.10. The first-order valence-corrected chi connectivity index (χ1v) is 5.96. The Morgan fingerprint density at radius 2 is 1.75 bits per heavy atom. The van der Waals surface area contributed by atoms with Crippen LogP contribution < -0.4 is 0 Å². The molecule has 2 aromatic carbocycles. The molecule has 0 spiro atoms. The van der Waals surface area contributed by atoms with Crippen molar-refractivity contribution >= 4 is 0 Å². The van der Waals surface area contributed by atoms with Gasteiger partial charge in [0, 0.05) is 0 Å². The first kappa shape index (κ1) is 10.9. The summed E-state index contributed by atoms with van der Waals surface area (Å²) in [5.41, 5.74) is 5.50. The van der Waals surface area contributed by atoms with Gasteiger partial charge in [-0.3, -0.25) is 0 Å². The molecule has 0 aliphatic carbocycles. The molecule has 0 radical (unpaired) electrons. The van der Waals surface area contributed by atoms with Gasteiger partial charge in [0.25, 0.3) is 0 Å². The van der Waals surface area contributed by atoms with E-state index in [2.05, 4.69) is 62.4 Å². The van der Waals surface area contributed by atoms with E-state index in [0.29, 0.717) is 0 Å². The zero-order valence-corrected chi connectivity index (χ0v) is 10.0. The highest BCUT2D eigenvalue weighted by Crippen LogP contribution is 2.25. The van der Waals surface area contributed by atoms with Gasteiger partial charge in [0.1, 0.15) is 0 Å². The van der Waals surface area contributed by atoms with Gasteiger partial charge in [0.15, 0.2) is 0 Å². The summed E-state index contributed by atoms with van der Waals surface area (Å²) < 4.78 is 0. The Morgan fingerprint density at radius 3 is 2.50 bits per heavy atom. The van der Waals surface area contributed by atoms with Crippen molar-refractivity contribution in [1.82, 2.24) is 0 Å². The number of rotatable bonds is 3. The summed E-state index contributed by atoms with van der Waals surface area (Å²) in [6.45, 7) is 4.37. The second-order valence-electron chi connectivity index (χ2n) is 4.28. The van der Waals surface area contributed by atoms with Crippen molar-refractivity contribution < 1.29 is 0 Å². The van der Waals surface area contributed by atoms with E-state index in [1.807, 2.05) is 0 Å². The van der Waals surface area contributed by atoms with E-state index in [-0.39, 0.29) is 0 Å². The third kappa shape index (κ3) is 2.33. The number of hydrogen-bond acceptors (Lipinski definition) is 0. The molecule has 0 saturated carbocycles. The Balaban J connectivity index is 2.46. The minimum Gasteiger partial charge on any atom is -0.0651 e. The third-order valence-electron chi connectivity index (χ3n) is 2.87. The molecule has 0 atom stereocenters. The molecular weight excluding hydrogens is 192 g/mol. The maximum atomic E-state index is 2.26.